The van der Waals surface area contributed by atoms with Crippen molar-refractivity contribution in [3.05, 3.63) is 482 Å². The summed E-state index contributed by atoms with van der Waals surface area (Å²) < 4.78 is 17.3. The van der Waals surface area contributed by atoms with Gasteiger partial charge in [0.1, 0.15) is 0 Å². The number of nitrogens with zero attached hydrogens (tertiary/aromatic N) is 8. The van der Waals surface area contributed by atoms with Gasteiger partial charge in [0.15, 0.2) is 0 Å². The Morgan fingerprint density at radius 2 is 0.401 bits per heavy atom. The highest BCUT2D eigenvalue weighted by Crippen LogP contribution is 2.55. The van der Waals surface area contributed by atoms with E-state index < -0.39 is 0 Å². The Morgan fingerprint density at radius 1 is 0.153 bits per heavy atom. The Bertz CT molecular complexity index is 9520. The predicted octanol–water partition coefficient (Wildman–Crippen LogP) is 33.8. The highest BCUT2D eigenvalue weighted by atomic mass is 15.1. The van der Waals surface area contributed by atoms with Gasteiger partial charge in [-0.15, -0.1) is 0 Å². The quantitative estimate of drug-likeness (QED) is 0.149. The third-order valence-electron chi connectivity index (χ3n) is 30.7. The summed E-state index contributed by atoms with van der Waals surface area (Å²) in [6.45, 7) is 14.3. The SMILES string of the molecule is CC1(C)c2ccccc2-n2c3ccc(-n4c5ccccc5c5ccccc54)cc3c3cc(-c4ccccc4)cc1c32.CC1(C)c2ccccc2-n2c3ccc(-n4c5ccccc5c5ccccc54)cc3c3cc(-n4c5ccccc5c5ccccc54)cc1c32.CC1(C)c2ccccc2-n2c3ccc(N(c4ccccc4)c4ccccc4)cc3c3cc(-n4c5ccccc5c5ccccc54)cc1c32. The maximum absolute atomic E-state index is 2.52. The van der Waals surface area contributed by atoms with Gasteiger partial charge in [0.25, 0.3) is 0 Å². The molecule has 0 atom stereocenters. The predicted molar refractivity (Wildman–Crippen MR) is 576 cm³/mol. The van der Waals surface area contributed by atoms with E-state index >= 15 is 0 Å². The van der Waals surface area contributed by atoms with Crippen LogP contribution in [0.2, 0.25) is 0 Å². The molecule has 30 rings (SSSR count). The largest absolute Gasteiger partial charge is 0.310 e. The number of aromatic nitrogens is 7. The molecule has 137 heavy (non-hydrogen) atoms. The van der Waals surface area contributed by atoms with Gasteiger partial charge < -0.3 is 36.9 Å². The second-order valence-corrected chi connectivity index (χ2v) is 39.1. The number of anilines is 3. The van der Waals surface area contributed by atoms with Crippen LogP contribution in [0.1, 0.15) is 74.9 Å². The molecule has 8 nitrogen and oxygen atoms in total. The van der Waals surface area contributed by atoms with Crippen molar-refractivity contribution in [2.75, 3.05) is 4.90 Å². The van der Waals surface area contributed by atoms with Gasteiger partial charge in [-0.3, -0.25) is 0 Å². The van der Waals surface area contributed by atoms with E-state index in [1.807, 2.05) is 0 Å². The van der Waals surface area contributed by atoms with Gasteiger partial charge >= 0.3 is 0 Å². The van der Waals surface area contributed by atoms with Crippen molar-refractivity contribution in [3.63, 3.8) is 0 Å². The highest BCUT2D eigenvalue weighted by molar-refractivity contribution is 6.20. The van der Waals surface area contributed by atoms with Crippen LogP contribution in [0, 0.1) is 0 Å². The zero-order valence-electron chi connectivity index (χ0n) is 76.8. The molecule has 0 unspecified atom stereocenters. The summed E-state index contributed by atoms with van der Waals surface area (Å²) in [6.07, 6.45) is 0. The normalized spacial score (nSPS) is 13.6. The second-order valence-electron chi connectivity index (χ2n) is 39.1. The van der Waals surface area contributed by atoms with Gasteiger partial charge in [-0.1, -0.05) is 308 Å². The Labute approximate surface area is 792 Å². The summed E-state index contributed by atoms with van der Waals surface area (Å²) in [5.41, 5.74) is 39.5. The lowest BCUT2D eigenvalue weighted by atomic mass is 9.74. The minimum absolute atomic E-state index is 0.125. The van der Waals surface area contributed by atoms with Crippen LogP contribution in [0.15, 0.2) is 449 Å². The van der Waals surface area contributed by atoms with Gasteiger partial charge in [-0.2, -0.15) is 0 Å². The molecule has 10 heterocycles. The molecular weight excluding hydrogens is 1660 g/mol. The van der Waals surface area contributed by atoms with Crippen molar-refractivity contribution < 1.29 is 0 Å². The van der Waals surface area contributed by atoms with Crippen molar-refractivity contribution >= 4 is 170 Å². The number of hydrogen-bond acceptors (Lipinski definition) is 1. The van der Waals surface area contributed by atoms with Crippen molar-refractivity contribution in [1.82, 2.24) is 32.0 Å². The van der Waals surface area contributed by atoms with Gasteiger partial charge in [-0.05, 0) is 226 Å². The highest BCUT2D eigenvalue weighted by Gasteiger charge is 2.41. The molecule has 7 aromatic heterocycles. The molecule has 0 spiro atoms. The first-order valence-corrected chi connectivity index (χ1v) is 47.9. The molecule has 27 aromatic rings. The van der Waals surface area contributed by atoms with E-state index in [2.05, 4.69) is 527 Å². The molecular formula is C129H92N8. The van der Waals surface area contributed by atoms with Crippen LogP contribution in [0.25, 0.3) is 204 Å². The molecule has 3 aliphatic heterocycles. The van der Waals surface area contributed by atoms with Gasteiger partial charge in [-0.25, -0.2) is 0 Å². The summed E-state index contributed by atoms with van der Waals surface area (Å²) in [7, 11) is 0. The van der Waals surface area contributed by atoms with Crippen LogP contribution in [0.4, 0.5) is 17.1 Å². The number of para-hydroxylation sites is 13. The summed E-state index contributed by atoms with van der Waals surface area (Å²) in [5, 5.41) is 17.9. The van der Waals surface area contributed by atoms with E-state index in [1.54, 1.807) is 0 Å². The second kappa shape index (κ2) is 29.4. The average molecular weight is 1750 g/mol. The molecule has 0 amide bonds. The molecule has 0 N–H and O–H groups in total. The average Bonchev–Trinajstić information content (AvgIpc) is 1.53. The van der Waals surface area contributed by atoms with Crippen LogP contribution in [0.3, 0.4) is 0 Å². The molecule has 0 aliphatic carbocycles. The fraction of sp³-hybridized carbons (Fsp3) is 0.0698. The number of rotatable bonds is 8. The summed E-state index contributed by atoms with van der Waals surface area (Å²) in [5.74, 6) is 0. The van der Waals surface area contributed by atoms with E-state index in [0.717, 1.165) is 17.1 Å². The third-order valence-corrected chi connectivity index (χ3v) is 30.7. The Morgan fingerprint density at radius 3 is 0.737 bits per heavy atom. The topological polar surface area (TPSA) is 37.8 Å². The first kappa shape index (κ1) is 78.5. The molecule has 0 bridgehead atoms. The Hall–Kier alpha value is -17.2. The first-order valence-electron chi connectivity index (χ1n) is 47.9. The summed E-state index contributed by atoms with van der Waals surface area (Å²) >= 11 is 0. The van der Waals surface area contributed by atoms with Gasteiger partial charge in [0.2, 0.25) is 0 Å². The number of hydrogen-bond donors (Lipinski definition) is 0. The lowest BCUT2D eigenvalue weighted by Crippen LogP contribution is -2.26. The molecule has 8 heteroatoms. The lowest BCUT2D eigenvalue weighted by molar-refractivity contribution is 0.629. The molecule has 648 valence electrons. The first-order chi connectivity index (χ1) is 67.3. The molecule has 20 aromatic carbocycles. The Balaban J connectivity index is 0.000000102. The summed E-state index contributed by atoms with van der Waals surface area (Å²) in [6, 6.07) is 165. The number of fused-ring (bicyclic) bond motifs is 27. The molecule has 0 saturated heterocycles. The zero-order valence-corrected chi connectivity index (χ0v) is 76.8. The van der Waals surface area contributed by atoms with E-state index in [1.165, 1.54) is 237 Å². The summed E-state index contributed by atoms with van der Waals surface area (Å²) in [4.78, 5) is 2.36. The minimum atomic E-state index is -0.197. The Kier molecular flexibility index (Phi) is 16.8. The van der Waals surface area contributed by atoms with Crippen LogP contribution in [-0.4, -0.2) is 32.0 Å². The van der Waals surface area contributed by atoms with Gasteiger partial charge in [0.05, 0.1) is 94.3 Å². The van der Waals surface area contributed by atoms with Crippen molar-refractivity contribution in [2.45, 2.75) is 57.8 Å². The van der Waals surface area contributed by atoms with Crippen LogP contribution < -0.4 is 4.90 Å². The maximum Gasteiger partial charge on any atom is 0.0583 e. The lowest BCUT2D eigenvalue weighted by Gasteiger charge is -2.35. The van der Waals surface area contributed by atoms with Crippen molar-refractivity contribution in [1.29, 1.82) is 0 Å². The molecule has 0 radical (unpaired) electrons. The van der Waals surface area contributed by atoms with Crippen LogP contribution >= 0.6 is 0 Å². The van der Waals surface area contributed by atoms with Crippen LogP contribution in [-0.2, 0) is 16.2 Å². The van der Waals surface area contributed by atoms with Gasteiger partial charge in [0, 0.05) is 131 Å². The standard InChI is InChI=1S/C45H31N3.C45H33N3.C39H28N2/c1-45(2)36-17-7-12-22-43(36)48-42-24-23-28(46-38-18-8-3-13-30(38)31-14-4-9-19-39(31)46)25-34(42)35-26-29(27-37(45)44(35)48)47-40-20-10-5-15-32(40)33-16-6-11-21-41(33)47;1-45(2)38-21-11-14-24-43(38)48-42-26-25-32(46(30-15-5-3-6-16-30)31-17-7-4-8-18-31)27-36(42)37-28-33(29-39(45)44(37)48)47-40-22-12-9-19-34(40)35-20-10-13-23-41(35)47;1-39(2)32-16-8-11-19-37(32)41-36-21-20-27(40-34-17-9-6-14-28(34)29-15-7-10-18-35(29)40)24-30(36)31-22-26(23-33(39)38(31)41)25-12-4-3-5-13-25/h3-27H,1-2H3;3-29H,1-2H3;3-24H,1-2H3. The number of benzene rings is 20. The smallest absolute Gasteiger partial charge is 0.0583 e. The van der Waals surface area contributed by atoms with Crippen molar-refractivity contribution in [2.24, 2.45) is 0 Å². The fourth-order valence-corrected chi connectivity index (χ4v) is 24.5. The van der Waals surface area contributed by atoms with E-state index in [4.69, 9.17) is 0 Å². The molecule has 0 fully saturated rings. The van der Waals surface area contributed by atoms with Crippen molar-refractivity contribution in [3.8, 4) is 50.9 Å². The monoisotopic (exact) mass is 1750 g/mol. The third kappa shape index (κ3) is 11.3. The van der Waals surface area contributed by atoms with Crippen LogP contribution in [0.5, 0.6) is 0 Å². The fourth-order valence-electron chi connectivity index (χ4n) is 24.5. The molecule has 3 aliphatic rings. The van der Waals surface area contributed by atoms with E-state index in [9.17, 15) is 0 Å². The van der Waals surface area contributed by atoms with E-state index in [-0.39, 0.29) is 16.2 Å². The minimum Gasteiger partial charge on any atom is -0.310 e. The zero-order chi connectivity index (χ0) is 91.0. The molecule has 0 saturated carbocycles. The maximum atomic E-state index is 2.52. The van der Waals surface area contributed by atoms with E-state index in [0.29, 0.717) is 0 Å².